The van der Waals surface area contributed by atoms with E-state index in [2.05, 4.69) is 16.0 Å². The molecule has 3 amide bonds. The van der Waals surface area contributed by atoms with Crippen molar-refractivity contribution in [3.63, 3.8) is 0 Å². The Morgan fingerprint density at radius 3 is 2.27 bits per heavy atom. The molecule has 1 unspecified atom stereocenters. The van der Waals surface area contributed by atoms with E-state index < -0.39 is 11.8 Å². The normalized spacial score (nSPS) is 12.0. The van der Waals surface area contributed by atoms with Gasteiger partial charge in [0.25, 0.3) is 11.8 Å². The molecule has 0 fully saturated rings. The second-order valence-corrected chi connectivity index (χ2v) is 10.6. The van der Waals surface area contributed by atoms with Gasteiger partial charge in [-0.1, -0.05) is 54.6 Å². The second kappa shape index (κ2) is 12.8. The first-order valence-corrected chi connectivity index (χ1v) is 13.8. The molecule has 1 aromatic heterocycles. The highest BCUT2D eigenvalue weighted by Gasteiger charge is 2.18. The van der Waals surface area contributed by atoms with Crippen LogP contribution in [-0.2, 0) is 9.59 Å². The van der Waals surface area contributed by atoms with E-state index in [-0.39, 0.29) is 16.9 Å². The Hall–Kier alpha value is -5.08. The Bertz CT molecular complexity index is 1690. The van der Waals surface area contributed by atoms with Crippen LogP contribution < -0.4 is 16.0 Å². The number of carbonyl (C=O) groups is 3. The van der Waals surface area contributed by atoms with Gasteiger partial charge in [0.1, 0.15) is 11.5 Å². The number of rotatable bonds is 9. The van der Waals surface area contributed by atoms with Crippen LogP contribution in [0.2, 0.25) is 0 Å². The fourth-order valence-electron chi connectivity index (χ4n) is 4.10. The van der Waals surface area contributed by atoms with E-state index >= 15 is 0 Å². The van der Waals surface area contributed by atoms with Gasteiger partial charge < -0.3 is 20.4 Å². The lowest BCUT2D eigenvalue weighted by molar-refractivity contribution is -0.115. The number of thioether (sulfide) groups is 1. The maximum Gasteiger partial charge on any atom is 0.272 e. The number of hydrogen-bond acceptors (Lipinski definition) is 5. The zero-order chi connectivity index (χ0) is 28.6. The van der Waals surface area contributed by atoms with Crippen molar-refractivity contribution in [1.29, 1.82) is 0 Å². The van der Waals surface area contributed by atoms with Crippen LogP contribution >= 0.6 is 11.8 Å². The highest BCUT2D eigenvalue weighted by Crippen LogP contribution is 2.28. The Morgan fingerprint density at radius 1 is 0.780 bits per heavy atom. The summed E-state index contributed by atoms with van der Waals surface area (Å²) in [5, 5.41) is 10.2. The quantitative estimate of drug-likeness (QED) is 0.133. The van der Waals surface area contributed by atoms with Crippen molar-refractivity contribution in [2.75, 3.05) is 10.6 Å². The molecule has 0 aliphatic heterocycles. The minimum absolute atomic E-state index is 0.0333. The van der Waals surface area contributed by atoms with E-state index in [0.29, 0.717) is 17.0 Å². The molecule has 41 heavy (non-hydrogen) atoms. The monoisotopic (exact) mass is 561 g/mol. The number of nitrogens with one attached hydrogen (secondary N) is 3. The first-order valence-electron chi connectivity index (χ1n) is 12.9. The first-order chi connectivity index (χ1) is 20.0. The lowest BCUT2D eigenvalue weighted by Gasteiger charge is -2.14. The molecule has 0 radical (unpaired) electrons. The van der Waals surface area contributed by atoms with Crippen LogP contribution in [0, 0.1) is 0 Å². The van der Waals surface area contributed by atoms with Crippen LogP contribution in [0.5, 0.6) is 0 Å². The molecule has 1 heterocycles. The molecule has 0 spiro atoms. The third kappa shape index (κ3) is 7.12. The van der Waals surface area contributed by atoms with Gasteiger partial charge in [0.05, 0.1) is 11.5 Å². The second-order valence-electron chi connectivity index (χ2n) is 9.15. The summed E-state index contributed by atoms with van der Waals surface area (Å²) in [6.45, 7) is 1.85. The summed E-state index contributed by atoms with van der Waals surface area (Å²) in [6, 6.07) is 32.9. The molecular weight excluding hydrogens is 534 g/mol. The molecule has 3 N–H and O–H groups in total. The van der Waals surface area contributed by atoms with Crippen LogP contribution in [0.4, 0.5) is 11.4 Å². The molecule has 5 aromatic rings. The highest BCUT2D eigenvalue weighted by atomic mass is 32.2. The fourth-order valence-corrected chi connectivity index (χ4v) is 4.97. The average Bonchev–Trinajstić information content (AvgIpc) is 3.51. The van der Waals surface area contributed by atoms with Crippen molar-refractivity contribution >= 4 is 57.7 Å². The van der Waals surface area contributed by atoms with Gasteiger partial charge in [-0.3, -0.25) is 14.4 Å². The number of benzene rings is 4. The molecule has 8 heteroatoms. The molecule has 0 aliphatic rings. The lowest BCUT2D eigenvalue weighted by Crippen LogP contribution is -2.30. The molecule has 4 aromatic carbocycles. The first kappa shape index (κ1) is 27.5. The Morgan fingerprint density at radius 2 is 1.51 bits per heavy atom. The number of fused-ring (bicyclic) bond motifs is 1. The summed E-state index contributed by atoms with van der Waals surface area (Å²) in [5.41, 5.74) is 1.76. The molecule has 5 rings (SSSR count). The lowest BCUT2D eigenvalue weighted by atomic mass is 10.1. The SMILES string of the molecule is CC(Sc1ccc(NC(=O)/C(=C/c2ccco2)NC(=O)c2ccccc2)cc1)C(=O)Nc1cccc2ccccc12. The van der Waals surface area contributed by atoms with Gasteiger partial charge in [-0.25, -0.2) is 0 Å². The smallest absolute Gasteiger partial charge is 0.272 e. The molecule has 0 aliphatic carbocycles. The maximum atomic E-state index is 13.1. The molecule has 1 atom stereocenters. The van der Waals surface area contributed by atoms with Crippen molar-refractivity contribution < 1.29 is 18.8 Å². The highest BCUT2D eigenvalue weighted by molar-refractivity contribution is 8.00. The summed E-state index contributed by atoms with van der Waals surface area (Å²) in [7, 11) is 0. The Labute approximate surface area is 241 Å². The molecule has 0 saturated carbocycles. The van der Waals surface area contributed by atoms with Gasteiger partial charge in [-0.2, -0.15) is 0 Å². The van der Waals surface area contributed by atoms with Crippen molar-refractivity contribution in [2.24, 2.45) is 0 Å². The summed E-state index contributed by atoms with van der Waals surface area (Å²) >= 11 is 1.41. The van der Waals surface area contributed by atoms with Gasteiger partial charge in [0.15, 0.2) is 0 Å². The zero-order valence-corrected chi connectivity index (χ0v) is 23.0. The third-order valence-electron chi connectivity index (χ3n) is 6.20. The largest absolute Gasteiger partial charge is 0.465 e. The predicted molar refractivity (Wildman–Crippen MR) is 164 cm³/mol. The minimum Gasteiger partial charge on any atom is -0.465 e. The van der Waals surface area contributed by atoms with E-state index in [4.69, 9.17) is 4.42 Å². The molecular formula is C33H27N3O4S. The van der Waals surface area contributed by atoms with Gasteiger partial charge in [-0.15, -0.1) is 11.8 Å². The minimum atomic E-state index is -0.506. The number of carbonyl (C=O) groups excluding carboxylic acids is 3. The van der Waals surface area contributed by atoms with Crippen molar-refractivity contribution in [2.45, 2.75) is 17.1 Å². The van der Waals surface area contributed by atoms with Crippen molar-refractivity contribution in [3.05, 3.63) is 132 Å². The topological polar surface area (TPSA) is 100 Å². The maximum absolute atomic E-state index is 13.1. The number of amides is 3. The van der Waals surface area contributed by atoms with E-state index in [9.17, 15) is 14.4 Å². The number of hydrogen-bond donors (Lipinski definition) is 3. The molecule has 204 valence electrons. The van der Waals surface area contributed by atoms with Crippen LogP contribution in [0.3, 0.4) is 0 Å². The van der Waals surface area contributed by atoms with Crippen LogP contribution in [0.25, 0.3) is 16.8 Å². The predicted octanol–water partition coefficient (Wildman–Crippen LogP) is 6.96. The van der Waals surface area contributed by atoms with Crippen LogP contribution in [0.15, 0.2) is 130 Å². The summed E-state index contributed by atoms with van der Waals surface area (Å²) in [5.74, 6) is -0.605. The van der Waals surface area contributed by atoms with E-state index in [1.54, 1.807) is 48.5 Å². The van der Waals surface area contributed by atoms with E-state index in [1.807, 2.05) is 67.6 Å². The summed E-state index contributed by atoms with van der Waals surface area (Å²) < 4.78 is 5.34. The van der Waals surface area contributed by atoms with E-state index in [0.717, 1.165) is 21.4 Å². The molecule has 0 bridgehead atoms. The number of furan rings is 1. The fraction of sp³-hybridized carbons (Fsp3) is 0.0606. The molecule has 0 saturated heterocycles. The van der Waals surface area contributed by atoms with Crippen LogP contribution in [0.1, 0.15) is 23.0 Å². The molecule has 7 nitrogen and oxygen atoms in total. The van der Waals surface area contributed by atoms with Gasteiger partial charge in [-0.05, 0) is 66.9 Å². The van der Waals surface area contributed by atoms with Crippen molar-refractivity contribution in [3.8, 4) is 0 Å². The summed E-state index contributed by atoms with van der Waals surface area (Å²) in [4.78, 5) is 39.7. The average molecular weight is 562 g/mol. The number of anilines is 2. The van der Waals surface area contributed by atoms with Crippen molar-refractivity contribution in [1.82, 2.24) is 5.32 Å². The van der Waals surface area contributed by atoms with Gasteiger partial charge in [0, 0.05) is 33.3 Å². The van der Waals surface area contributed by atoms with E-state index in [1.165, 1.54) is 24.1 Å². The Kier molecular flexibility index (Phi) is 8.61. The standard InChI is InChI=1S/C33H27N3O4S/c1-22(31(37)35-29-15-7-12-23-9-5-6-14-28(23)29)41-27-18-16-25(17-19-27)34-33(39)30(21-26-13-8-20-40-26)36-32(38)24-10-3-2-4-11-24/h2-22H,1H3,(H,34,39)(H,35,37)(H,36,38)/b30-21-. The third-order valence-corrected chi connectivity index (χ3v) is 7.31. The summed E-state index contributed by atoms with van der Waals surface area (Å²) in [6.07, 6.45) is 2.96. The van der Waals surface area contributed by atoms with Crippen LogP contribution in [-0.4, -0.2) is 23.0 Å². The zero-order valence-electron chi connectivity index (χ0n) is 22.2. The van der Waals surface area contributed by atoms with Gasteiger partial charge >= 0.3 is 0 Å². The van der Waals surface area contributed by atoms with Gasteiger partial charge in [0.2, 0.25) is 5.91 Å². The Balaban J connectivity index is 1.22.